The van der Waals surface area contributed by atoms with Crippen molar-refractivity contribution in [2.45, 2.75) is 19.6 Å². The lowest BCUT2D eigenvalue weighted by Crippen LogP contribution is -2.38. The number of rotatable bonds is 4. The van der Waals surface area contributed by atoms with Crippen molar-refractivity contribution in [3.05, 3.63) is 30.3 Å². The molecule has 0 N–H and O–H groups in total. The van der Waals surface area contributed by atoms with Gasteiger partial charge in [-0.1, -0.05) is 16.5 Å². The van der Waals surface area contributed by atoms with E-state index in [4.69, 9.17) is 9.26 Å². The number of morpholine rings is 1. The Hall–Kier alpha value is -2.26. The minimum absolute atomic E-state index is 0.00319. The fourth-order valence-corrected chi connectivity index (χ4v) is 3.35. The van der Waals surface area contributed by atoms with Gasteiger partial charge in [-0.2, -0.15) is 5.10 Å². The summed E-state index contributed by atoms with van der Waals surface area (Å²) < 4.78 is 12.7. The van der Waals surface area contributed by atoms with Gasteiger partial charge < -0.3 is 14.2 Å². The van der Waals surface area contributed by atoms with Gasteiger partial charge in [0.15, 0.2) is 5.01 Å². The van der Waals surface area contributed by atoms with Gasteiger partial charge in [-0.15, -0.1) is 10.2 Å². The summed E-state index contributed by atoms with van der Waals surface area (Å²) in [4.78, 5) is 2.19. The Morgan fingerprint density at radius 2 is 2.35 bits per heavy atom. The summed E-state index contributed by atoms with van der Waals surface area (Å²) in [6, 6.07) is 1.78. The number of anilines is 1. The van der Waals surface area contributed by atoms with Crippen LogP contribution in [0.5, 0.6) is 0 Å². The van der Waals surface area contributed by atoms with Gasteiger partial charge >= 0.3 is 0 Å². The van der Waals surface area contributed by atoms with E-state index in [0.29, 0.717) is 12.3 Å². The fourth-order valence-electron chi connectivity index (χ4n) is 2.51. The van der Waals surface area contributed by atoms with Crippen molar-refractivity contribution in [2.75, 3.05) is 24.6 Å². The van der Waals surface area contributed by atoms with Crippen molar-refractivity contribution >= 4 is 16.5 Å². The molecule has 0 amide bonds. The Labute approximate surface area is 136 Å². The molecule has 3 aromatic rings. The molecule has 8 nitrogen and oxygen atoms in total. The Morgan fingerprint density at radius 3 is 3.13 bits per heavy atom. The lowest BCUT2D eigenvalue weighted by Gasteiger charge is -2.31. The largest absolute Gasteiger partial charge is 0.370 e. The smallest absolute Gasteiger partial charge is 0.208 e. The van der Waals surface area contributed by atoms with Crippen LogP contribution in [0, 0.1) is 0 Å². The van der Waals surface area contributed by atoms with Gasteiger partial charge in [-0.25, -0.2) is 0 Å². The second kappa shape index (κ2) is 6.09. The molecule has 0 aliphatic carbocycles. The SMILES string of the molecule is CCn1cc(C2CN(c3nnc(-c4ccon4)s3)CCO2)cn1. The van der Waals surface area contributed by atoms with Crippen molar-refractivity contribution in [1.82, 2.24) is 25.1 Å². The Balaban J connectivity index is 1.51. The van der Waals surface area contributed by atoms with Crippen molar-refractivity contribution in [3.63, 3.8) is 0 Å². The predicted octanol–water partition coefficient (Wildman–Crippen LogP) is 1.99. The molecular formula is C14H16N6O2S. The molecule has 0 bridgehead atoms. The number of aryl methyl sites for hydroxylation is 1. The molecule has 120 valence electrons. The Kier molecular flexibility index (Phi) is 3.80. The molecule has 0 aromatic carbocycles. The molecule has 23 heavy (non-hydrogen) atoms. The predicted molar refractivity (Wildman–Crippen MR) is 84.2 cm³/mol. The van der Waals surface area contributed by atoms with E-state index in [9.17, 15) is 0 Å². The van der Waals surface area contributed by atoms with E-state index in [-0.39, 0.29) is 6.10 Å². The van der Waals surface area contributed by atoms with Gasteiger partial charge in [0.2, 0.25) is 5.13 Å². The van der Waals surface area contributed by atoms with Crippen LogP contribution in [0.25, 0.3) is 10.7 Å². The van der Waals surface area contributed by atoms with Crippen LogP contribution in [0.4, 0.5) is 5.13 Å². The molecule has 1 aliphatic heterocycles. The van der Waals surface area contributed by atoms with Gasteiger partial charge in [0, 0.05) is 30.9 Å². The average molecular weight is 332 g/mol. The topological polar surface area (TPSA) is 82.1 Å². The van der Waals surface area contributed by atoms with Crippen LogP contribution < -0.4 is 4.90 Å². The zero-order chi connectivity index (χ0) is 15.6. The molecular weight excluding hydrogens is 316 g/mol. The zero-order valence-corrected chi connectivity index (χ0v) is 13.4. The first-order valence-electron chi connectivity index (χ1n) is 7.46. The van der Waals surface area contributed by atoms with Gasteiger partial charge in [0.25, 0.3) is 0 Å². The maximum Gasteiger partial charge on any atom is 0.208 e. The standard InChI is InChI=1S/C14H16N6O2S/c1-2-20-8-10(7-15-20)12-9-19(4-6-21-12)14-17-16-13(23-14)11-3-5-22-18-11/h3,5,7-8,12H,2,4,6,9H2,1H3. The maximum atomic E-state index is 5.89. The number of hydrogen-bond acceptors (Lipinski definition) is 8. The van der Waals surface area contributed by atoms with Crippen LogP contribution >= 0.6 is 11.3 Å². The first kappa shape index (κ1) is 14.3. The third-order valence-electron chi connectivity index (χ3n) is 3.76. The highest BCUT2D eigenvalue weighted by Crippen LogP contribution is 2.31. The first-order valence-corrected chi connectivity index (χ1v) is 8.28. The summed E-state index contributed by atoms with van der Waals surface area (Å²) in [5, 5.41) is 18.3. The molecule has 3 aromatic heterocycles. The highest BCUT2D eigenvalue weighted by Gasteiger charge is 2.25. The molecule has 1 aliphatic rings. The number of hydrogen-bond donors (Lipinski definition) is 0. The van der Waals surface area contributed by atoms with Crippen molar-refractivity contribution < 1.29 is 9.26 Å². The molecule has 0 spiro atoms. The fraction of sp³-hybridized carbons (Fsp3) is 0.429. The Morgan fingerprint density at radius 1 is 1.39 bits per heavy atom. The molecule has 1 unspecified atom stereocenters. The second-order valence-electron chi connectivity index (χ2n) is 5.21. The van der Waals surface area contributed by atoms with E-state index in [1.807, 2.05) is 17.1 Å². The van der Waals surface area contributed by atoms with E-state index in [2.05, 4.69) is 32.3 Å². The number of aromatic nitrogens is 5. The monoisotopic (exact) mass is 332 g/mol. The van der Waals surface area contributed by atoms with Gasteiger partial charge in [-0.3, -0.25) is 4.68 Å². The molecule has 1 fully saturated rings. The van der Waals surface area contributed by atoms with Crippen LogP contribution in [0.15, 0.2) is 29.2 Å². The highest BCUT2D eigenvalue weighted by atomic mass is 32.1. The van der Waals surface area contributed by atoms with Crippen molar-refractivity contribution in [3.8, 4) is 10.7 Å². The van der Waals surface area contributed by atoms with Crippen molar-refractivity contribution in [2.24, 2.45) is 0 Å². The molecule has 0 radical (unpaired) electrons. The lowest BCUT2D eigenvalue weighted by molar-refractivity contribution is 0.0397. The van der Waals surface area contributed by atoms with Gasteiger partial charge in [0.05, 0.1) is 19.3 Å². The normalized spacial score (nSPS) is 18.5. The van der Waals surface area contributed by atoms with E-state index in [1.54, 1.807) is 6.07 Å². The molecule has 4 rings (SSSR count). The highest BCUT2D eigenvalue weighted by molar-refractivity contribution is 7.18. The summed E-state index contributed by atoms with van der Waals surface area (Å²) in [5.41, 5.74) is 1.81. The third kappa shape index (κ3) is 2.84. The number of nitrogens with zero attached hydrogens (tertiary/aromatic N) is 6. The second-order valence-corrected chi connectivity index (χ2v) is 6.17. The van der Waals surface area contributed by atoms with Crippen LogP contribution in [-0.2, 0) is 11.3 Å². The lowest BCUT2D eigenvalue weighted by atomic mass is 10.2. The van der Waals surface area contributed by atoms with Gasteiger partial charge in [0.1, 0.15) is 18.1 Å². The molecule has 0 saturated carbocycles. The third-order valence-corrected chi connectivity index (χ3v) is 4.76. The summed E-state index contributed by atoms with van der Waals surface area (Å²) in [5.74, 6) is 0. The van der Waals surface area contributed by atoms with Crippen LogP contribution in [-0.4, -0.2) is 44.8 Å². The number of ether oxygens (including phenoxy) is 1. The molecule has 1 atom stereocenters. The van der Waals surface area contributed by atoms with E-state index < -0.39 is 0 Å². The molecule has 9 heteroatoms. The van der Waals surface area contributed by atoms with Crippen LogP contribution in [0.1, 0.15) is 18.6 Å². The quantitative estimate of drug-likeness (QED) is 0.722. The average Bonchev–Trinajstić information content (AvgIpc) is 3.35. The van der Waals surface area contributed by atoms with Crippen molar-refractivity contribution in [1.29, 1.82) is 0 Å². The zero-order valence-electron chi connectivity index (χ0n) is 12.6. The minimum Gasteiger partial charge on any atom is -0.370 e. The Bertz CT molecular complexity index is 768. The first-order chi connectivity index (χ1) is 11.3. The van der Waals surface area contributed by atoms with E-state index in [0.717, 1.165) is 35.3 Å². The van der Waals surface area contributed by atoms with E-state index >= 15 is 0 Å². The van der Waals surface area contributed by atoms with Crippen LogP contribution in [0.3, 0.4) is 0 Å². The summed E-state index contributed by atoms with van der Waals surface area (Å²) >= 11 is 1.51. The van der Waals surface area contributed by atoms with Crippen LogP contribution in [0.2, 0.25) is 0 Å². The summed E-state index contributed by atoms with van der Waals surface area (Å²) in [6.07, 6.45) is 5.45. The molecule has 1 saturated heterocycles. The molecule has 4 heterocycles. The minimum atomic E-state index is 0.00319. The maximum absolute atomic E-state index is 5.89. The van der Waals surface area contributed by atoms with Gasteiger partial charge in [-0.05, 0) is 6.92 Å². The summed E-state index contributed by atoms with van der Waals surface area (Å²) in [7, 11) is 0. The summed E-state index contributed by atoms with van der Waals surface area (Å²) in [6.45, 7) is 5.11. The van der Waals surface area contributed by atoms with E-state index in [1.165, 1.54) is 17.6 Å².